The standard InChI is InChI=1S/C9H13N5O2S/c10-9(11)7-5-13-8(6-12-7)14-1-3-17(15,16)4-2-14/h5-6H,1-4H2,(H3,10,11). The molecular weight excluding hydrogens is 242 g/mol. The Morgan fingerprint density at radius 2 is 1.94 bits per heavy atom. The van der Waals surface area contributed by atoms with Gasteiger partial charge in [-0.3, -0.25) is 5.41 Å². The van der Waals surface area contributed by atoms with Crippen LogP contribution < -0.4 is 10.6 Å². The zero-order valence-corrected chi connectivity index (χ0v) is 9.94. The van der Waals surface area contributed by atoms with Gasteiger partial charge in [-0.15, -0.1) is 0 Å². The third kappa shape index (κ3) is 2.70. The van der Waals surface area contributed by atoms with Crippen LogP contribution in [0.5, 0.6) is 0 Å². The maximum absolute atomic E-state index is 11.3. The number of aromatic nitrogens is 2. The van der Waals surface area contributed by atoms with Crippen molar-refractivity contribution in [1.82, 2.24) is 9.97 Å². The second kappa shape index (κ2) is 4.28. The Morgan fingerprint density at radius 3 is 2.41 bits per heavy atom. The number of nitrogens with one attached hydrogen (secondary N) is 1. The predicted octanol–water partition coefficient (Wildman–Crippen LogP) is -1.00. The summed E-state index contributed by atoms with van der Waals surface area (Å²) in [7, 11) is -2.89. The Hall–Kier alpha value is -1.70. The van der Waals surface area contributed by atoms with Crippen molar-refractivity contribution in [3.63, 3.8) is 0 Å². The molecule has 17 heavy (non-hydrogen) atoms. The number of sulfone groups is 1. The molecule has 2 rings (SSSR count). The van der Waals surface area contributed by atoms with Crippen LogP contribution in [0.15, 0.2) is 12.4 Å². The molecule has 0 saturated carbocycles. The van der Waals surface area contributed by atoms with Crippen molar-refractivity contribution in [2.75, 3.05) is 29.5 Å². The summed E-state index contributed by atoms with van der Waals surface area (Å²) in [6.07, 6.45) is 2.93. The van der Waals surface area contributed by atoms with Crippen LogP contribution in [0.4, 0.5) is 5.82 Å². The van der Waals surface area contributed by atoms with Gasteiger partial charge in [-0.2, -0.15) is 0 Å². The average molecular weight is 255 g/mol. The number of anilines is 1. The summed E-state index contributed by atoms with van der Waals surface area (Å²) >= 11 is 0. The van der Waals surface area contributed by atoms with Crippen molar-refractivity contribution in [3.05, 3.63) is 18.1 Å². The molecule has 0 bridgehead atoms. The van der Waals surface area contributed by atoms with Crippen LogP contribution >= 0.6 is 0 Å². The molecule has 0 unspecified atom stereocenters. The van der Waals surface area contributed by atoms with Crippen LogP contribution in [0.25, 0.3) is 0 Å². The van der Waals surface area contributed by atoms with E-state index in [4.69, 9.17) is 11.1 Å². The van der Waals surface area contributed by atoms with Gasteiger partial charge < -0.3 is 10.6 Å². The zero-order valence-electron chi connectivity index (χ0n) is 9.13. The van der Waals surface area contributed by atoms with E-state index in [1.807, 2.05) is 4.90 Å². The topological polar surface area (TPSA) is 113 Å². The van der Waals surface area contributed by atoms with Gasteiger partial charge in [-0.1, -0.05) is 0 Å². The summed E-state index contributed by atoms with van der Waals surface area (Å²) < 4.78 is 22.5. The van der Waals surface area contributed by atoms with Gasteiger partial charge in [-0.25, -0.2) is 18.4 Å². The van der Waals surface area contributed by atoms with Gasteiger partial charge in [0, 0.05) is 13.1 Å². The van der Waals surface area contributed by atoms with E-state index < -0.39 is 9.84 Å². The minimum Gasteiger partial charge on any atom is -0.382 e. The second-order valence-corrected chi connectivity index (χ2v) is 6.12. The molecule has 1 aromatic heterocycles. The molecule has 0 spiro atoms. The van der Waals surface area contributed by atoms with E-state index in [1.54, 1.807) is 0 Å². The van der Waals surface area contributed by atoms with Gasteiger partial charge in [0.15, 0.2) is 9.84 Å². The van der Waals surface area contributed by atoms with Crippen molar-refractivity contribution < 1.29 is 8.42 Å². The lowest BCUT2D eigenvalue weighted by atomic mass is 10.4. The summed E-state index contributed by atoms with van der Waals surface area (Å²) in [4.78, 5) is 9.96. The first kappa shape index (κ1) is 11.8. The molecule has 8 heteroatoms. The lowest BCUT2D eigenvalue weighted by Gasteiger charge is -2.27. The second-order valence-electron chi connectivity index (χ2n) is 3.81. The number of hydrogen-bond acceptors (Lipinski definition) is 6. The maximum Gasteiger partial charge on any atom is 0.153 e. The summed E-state index contributed by atoms with van der Waals surface area (Å²) in [6, 6.07) is 0. The highest BCUT2D eigenvalue weighted by molar-refractivity contribution is 7.91. The Bertz CT molecular complexity index is 511. The molecular formula is C9H13N5O2S. The molecule has 1 aliphatic heterocycles. The first-order valence-corrected chi connectivity index (χ1v) is 6.92. The fourth-order valence-corrected chi connectivity index (χ4v) is 2.77. The molecule has 1 aliphatic rings. The molecule has 7 nitrogen and oxygen atoms in total. The van der Waals surface area contributed by atoms with Crippen LogP contribution in [-0.2, 0) is 9.84 Å². The third-order valence-electron chi connectivity index (χ3n) is 2.58. The SMILES string of the molecule is N=C(N)c1cnc(N2CCS(=O)(=O)CC2)cn1. The number of nitrogens with zero attached hydrogens (tertiary/aromatic N) is 3. The van der Waals surface area contributed by atoms with E-state index in [1.165, 1.54) is 12.4 Å². The minimum atomic E-state index is -2.89. The predicted molar refractivity (Wildman–Crippen MR) is 63.9 cm³/mol. The fraction of sp³-hybridized carbons (Fsp3) is 0.444. The van der Waals surface area contributed by atoms with Crippen molar-refractivity contribution in [2.45, 2.75) is 0 Å². The van der Waals surface area contributed by atoms with E-state index in [9.17, 15) is 8.42 Å². The Morgan fingerprint density at radius 1 is 1.29 bits per heavy atom. The molecule has 0 amide bonds. The lowest BCUT2D eigenvalue weighted by molar-refractivity contribution is 0.586. The van der Waals surface area contributed by atoms with E-state index in [-0.39, 0.29) is 17.3 Å². The Balaban J connectivity index is 2.11. The highest BCUT2D eigenvalue weighted by Gasteiger charge is 2.22. The van der Waals surface area contributed by atoms with Crippen LogP contribution in [0.2, 0.25) is 0 Å². The molecule has 0 radical (unpaired) electrons. The number of amidine groups is 1. The van der Waals surface area contributed by atoms with E-state index >= 15 is 0 Å². The van der Waals surface area contributed by atoms with Crippen LogP contribution in [-0.4, -0.2) is 48.8 Å². The first-order valence-electron chi connectivity index (χ1n) is 5.10. The molecule has 1 saturated heterocycles. The van der Waals surface area contributed by atoms with Crippen molar-refractivity contribution in [3.8, 4) is 0 Å². The van der Waals surface area contributed by atoms with Crippen LogP contribution in [0, 0.1) is 5.41 Å². The van der Waals surface area contributed by atoms with Gasteiger partial charge in [0.25, 0.3) is 0 Å². The number of nitrogens with two attached hydrogens (primary N) is 1. The lowest BCUT2D eigenvalue weighted by Crippen LogP contribution is -2.40. The van der Waals surface area contributed by atoms with E-state index in [2.05, 4.69) is 9.97 Å². The largest absolute Gasteiger partial charge is 0.382 e. The Kier molecular flexibility index (Phi) is 2.97. The smallest absolute Gasteiger partial charge is 0.153 e. The van der Waals surface area contributed by atoms with Gasteiger partial charge in [0.2, 0.25) is 0 Å². The van der Waals surface area contributed by atoms with Gasteiger partial charge in [0.1, 0.15) is 17.3 Å². The molecule has 3 N–H and O–H groups in total. The van der Waals surface area contributed by atoms with Crippen molar-refractivity contribution >= 4 is 21.5 Å². The first-order chi connectivity index (χ1) is 7.98. The summed E-state index contributed by atoms with van der Waals surface area (Å²) in [5.74, 6) is 0.766. The molecule has 0 aromatic carbocycles. The van der Waals surface area contributed by atoms with Crippen LogP contribution in [0.1, 0.15) is 5.69 Å². The number of hydrogen-bond donors (Lipinski definition) is 2. The summed E-state index contributed by atoms with van der Waals surface area (Å²) in [5.41, 5.74) is 5.58. The normalized spacial score (nSPS) is 18.9. The number of nitrogen functional groups attached to an aromatic ring is 1. The average Bonchev–Trinajstić information content (AvgIpc) is 2.29. The number of rotatable bonds is 2. The molecule has 0 atom stereocenters. The third-order valence-corrected chi connectivity index (χ3v) is 4.19. The van der Waals surface area contributed by atoms with Crippen LogP contribution in [0.3, 0.4) is 0 Å². The summed E-state index contributed by atoms with van der Waals surface area (Å²) in [6.45, 7) is 0.854. The van der Waals surface area contributed by atoms with Gasteiger partial charge >= 0.3 is 0 Å². The van der Waals surface area contributed by atoms with Gasteiger partial charge in [0.05, 0.1) is 23.9 Å². The van der Waals surface area contributed by atoms with Crippen molar-refractivity contribution in [1.29, 1.82) is 5.41 Å². The highest BCUT2D eigenvalue weighted by Crippen LogP contribution is 2.13. The maximum atomic E-state index is 11.3. The fourth-order valence-electron chi connectivity index (χ4n) is 1.57. The molecule has 1 aromatic rings. The minimum absolute atomic E-state index is 0.134. The monoisotopic (exact) mass is 255 g/mol. The van der Waals surface area contributed by atoms with Crippen molar-refractivity contribution in [2.24, 2.45) is 5.73 Å². The summed E-state index contributed by atoms with van der Waals surface area (Å²) in [5, 5.41) is 7.18. The van der Waals surface area contributed by atoms with Gasteiger partial charge in [-0.05, 0) is 0 Å². The molecule has 2 heterocycles. The molecule has 1 fully saturated rings. The Labute approximate surface area is 99.1 Å². The quantitative estimate of drug-likeness (QED) is 0.517. The molecule has 92 valence electrons. The highest BCUT2D eigenvalue weighted by atomic mass is 32.2. The molecule has 0 aliphatic carbocycles. The van der Waals surface area contributed by atoms with E-state index in [0.717, 1.165) is 0 Å². The zero-order chi connectivity index (χ0) is 12.5. The van der Waals surface area contributed by atoms with E-state index in [0.29, 0.717) is 24.6 Å².